The molecule has 2 nitrogen and oxygen atoms in total. The molecule has 1 atom stereocenters. The highest BCUT2D eigenvalue weighted by molar-refractivity contribution is 6.70. The Labute approximate surface area is 76.4 Å². The maximum Gasteiger partial charge on any atom is 0.185 e. The highest BCUT2D eigenvalue weighted by Crippen LogP contribution is 2.23. The fraction of sp³-hybridized carbons (Fsp3) is 0.889. The standard InChI is InChI=1S/C9H20O2Si/c1-8(2)9(3,7-10)11-12(4,5)6/h7-8H,1-6H3/t9-/m1/s1. The fourth-order valence-corrected chi connectivity index (χ4v) is 2.54. The first kappa shape index (κ1) is 11.8. The lowest BCUT2D eigenvalue weighted by atomic mass is 9.95. The Kier molecular flexibility index (Phi) is 3.66. The van der Waals surface area contributed by atoms with Gasteiger partial charge in [-0.3, -0.25) is 0 Å². The van der Waals surface area contributed by atoms with Crippen LogP contribution in [0.5, 0.6) is 0 Å². The SMILES string of the molecule is CC(C)[C@@](C)(C=O)O[Si](C)(C)C. The van der Waals surface area contributed by atoms with Gasteiger partial charge < -0.3 is 9.22 Å². The van der Waals surface area contributed by atoms with E-state index in [2.05, 4.69) is 19.6 Å². The van der Waals surface area contributed by atoms with E-state index in [-0.39, 0.29) is 5.92 Å². The molecule has 72 valence electrons. The first-order valence-electron chi connectivity index (χ1n) is 4.38. The van der Waals surface area contributed by atoms with Gasteiger partial charge in [0.25, 0.3) is 0 Å². The largest absolute Gasteiger partial charge is 0.405 e. The van der Waals surface area contributed by atoms with Crippen LogP contribution >= 0.6 is 0 Å². The second-order valence-corrected chi connectivity index (χ2v) is 9.10. The van der Waals surface area contributed by atoms with Gasteiger partial charge in [0.2, 0.25) is 0 Å². The van der Waals surface area contributed by atoms with Crippen molar-refractivity contribution in [2.45, 2.75) is 46.0 Å². The Morgan fingerprint density at radius 1 is 1.33 bits per heavy atom. The van der Waals surface area contributed by atoms with E-state index >= 15 is 0 Å². The topological polar surface area (TPSA) is 26.3 Å². The van der Waals surface area contributed by atoms with E-state index in [0.717, 1.165) is 6.29 Å². The van der Waals surface area contributed by atoms with Crippen LogP contribution in [-0.2, 0) is 9.22 Å². The van der Waals surface area contributed by atoms with Gasteiger partial charge in [-0.2, -0.15) is 0 Å². The van der Waals surface area contributed by atoms with Gasteiger partial charge in [0.1, 0.15) is 5.60 Å². The minimum atomic E-state index is -1.61. The van der Waals surface area contributed by atoms with Crippen molar-refractivity contribution < 1.29 is 9.22 Å². The van der Waals surface area contributed by atoms with Crippen LogP contribution in [0.2, 0.25) is 19.6 Å². The molecule has 0 saturated carbocycles. The highest BCUT2D eigenvalue weighted by Gasteiger charge is 2.33. The van der Waals surface area contributed by atoms with Gasteiger partial charge in [0, 0.05) is 0 Å². The minimum Gasteiger partial charge on any atom is -0.405 e. The van der Waals surface area contributed by atoms with Crippen molar-refractivity contribution in [3.05, 3.63) is 0 Å². The minimum absolute atomic E-state index is 0.238. The summed E-state index contributed by atoms with van der Waals surface area (Å²) >= 11 is 0. The van der Waals surface area contributed by atoms with Crippen LogP contribution in [-0.4, -0.2) is 20.2 Å². The predicted molar refractivity (Wildman–Crippen MR) is 53.7 cm³/mol. The van der Waals surface area contributed by atoms with Gasteiger partial charge in [0.05, 0.1) is 0 Å². The van der Waals surface area contributed by atoms with Crippen LogP contribution < -0.4 is 0 Å². The third-order valence-corrected chi connectivity index (χ3v) is 2.96. The molecule has 3 heteroatoms. The summed E-state index contributed by atoms with van der Waals surface area (Å²) in [5.74, 6) is 0.238. The molecular weight excluding hydrogens is 168 g/mol. The number of hydrogen-bond donors (Lipinski definition) is 0. The molecule has 0 aromatic heterocycles. The quantitative estimate of drug-likeness (QED) is 0.500. The normalized spacial score (nSPS) is 17.6. The first-order valence-corrected chi connectivity index (χ1v) is 7.78. The summed E-state index contributed by atoms with van der Waals surface area (Å²) in [5, 5.41) is 0. The molecule has 0 amide bonds. The summed E-state index contributed by atoms with van der Waals surface area (Å²) in [6, 6.07) is 0. The van der Waals surface area contributed by atoms with E-state index in [9.17, 15) is 4.79 Å². The molecule has 0 unspecified atom stereocenters. The van der Waals surface area contributed by atoms with Crippen molar-refractivity contribution in [3.63, 3.8) is 0 Å². The third-order valence-electron chi connectivity index (χ3n) is 1.91. The van der Waals surface area contributed by atoms with Crippen LogP contribution in [0.3, 0.4) is 0 Å². The van der Waals surface area contributed by atoms with Gasteiger partial charge in [-0.15, -0.1) is 0 Å². The van der Waals surface area contributed by atoms with Crippen molar-refractivity contribution in [2.75, 3.05) is 0 Å². The van der Waals surface area contributed by atoms with Crippen molar-refractivity contribution in [3.8, 4) is 0 Å². The summed E-state index contributed by atoms with van der Waals surface area (Å²) in [5.41, 5.74) is -0.593. The summed E-state index contributed by atoms with van der Waals surface area (Å²) < 4.78 is 5.81. The number of hydrogen-bond acceptors (Lipinski definition) is 2. The third kappa shape index (κ3) is 3.50. The molecule has 0 spiro atoms. The Bertz CT molecular complexity index is 160. The van der Waals surface area contributed by atoms with Crippen LogP contribution in [0.25, 0.3) is 0 Å². The average Bonchev–Trinajstić information content (AvgIpc) is 1.83. The zero-order valence-electron chi connectivity index (χ0n) is 8.97. The first-order chi connectivity index (χ1) is 5.21. The molecule has 0 fully saturated rings. The Morgan fingerprint density at radius 2 is 1.75 bits per heavy atom. The molecule has 0 radical (unpaired) electrons. The van der Waals surface area contributed by atoms with Crippen LogP contribution in [0, 0.1) is 5.92 Å². The zero-order chi connectivity index (χ0) is 9.99. The summed E-state index contributed by atoms with van der Waals surface area (Å²) in [6.45, 7) is 12.2. The number of carbonyl (C=O) groups excluding carboxylic acids is 1. The molecule has 0 aliphatic rings. The fourth-order valence-electron chi connectivity index (χ4n) is 0.938. The monoisotopic (exact) mass is 188 g/mol. The van der Waals surface area contributed by atoms with Gasteiger partial charge in [-0.1, -0.05) is 13.8 Å². The number of rotatable bonds is 4. The van der Waals surface area contributed by atoms with Crippen molar-refractivity contribution in [1.29, 1.82) is 0 Å². The summed E-state index contributed by atoms with van der Waals surface area (Å²) in [7, 11) is -1.61. The summed E-state index contributed by atoms with van der Waals surface area (Å²) in [4.78, 5) is 10.8. The Balaban J connectivity index is 4.45. The average molecular weight is 188 g/mol. The molecular formula is C9H20O2Si. The lowest BCUT2D eigenvalue weighted by molar-refractivity contribution is -0.124. The van der Waals surface area contributed by atoms with Crippen LogP contribution in [0.15, 0.2) is 0 Å². The van der Waals surface area contributed by atoms with E-state index < -0.39 is 13.9 Å². The van der Waals surface area contributed by atoms with Gasteiger partial charge in [-0.05, 0) is 32.5 Å². The number of carbonyl (C=O) groups is 1. The highest BCUT2D eigenvalue weighted by atomic mass is 28.4. The lowest BCUT2D eigenvalue weighted by Gasteiger charge is -2.34. The maximum atomic E-state index is 10.8. The zero-order valence-corrected chi connectivity index (χ0v) is 9.97. The van der Waals surface area contributed by atoms with Crippen molar-refractivity contribution in [2.24, 2.45) is 5.92 Å². The molecule has 0 saturated heterocycles. The van der Waals surface area contributed by atoms with Crippen molar-refractivity contribution in [1.82, 2.24) is 0 Å². The van der Waals surface area contributed by atoms with E-state index in [0.29, 0.717) is 0 Å². The Hall–Kier alpha value is -0.153. The Morgan fingerprint density at radius 3 is 1.83 bits per heavy atom. The van der Waals surface area contributed by atoms with Gasteiger partial charge in [-0.25, -0.2) is 0 Å². The van der Waals surface area contributed by atoms with Gasteiger partial charge in [0.15, 0.2) is 14.6 Å². The molecule has 12 heavy (non-hydrogen) atoms. The van der Waals surface area contributed by atoms with E-state index in [1.807, 2.05) is 20.8 Å². The van der Waals surface area contributed by atoms with Crippen LogP contribution in [0.1, 0.15) is 20.8 Å². The molecule has 0 aromatic rings. The molecule has 0 aliphatic heterocycles. The smallest absolute Gasteiger partial charge is 0.185 e. The molecule has 0 aromatic carbocycles. The van der Waals surface area contributed by atoms with Gasteiger partial charge >= 0.3 is 0 Å². The predicted octanol–water partition coefficient (Wildman–Crippen LogP) is 2.45. The molecule has 0 bridgehead atoms. The molecule has 0 aliphatic carbocycles. The van der Waals surface area contributed by atoms with E-state index in [1.54, 1.807) is 0 Å². The molecule has 0 N–H and O–H groups in total. The molecule has 0 rings (SSSR count). The van der Waals surface area contributed by atoms with Crippen molar-refractivity contribution >= 4 is 14.6 Å². The molecule has 0 heterocycles. The summed E-state index contributed by atoms with van der Waals surface area (Å²) in [6.07, 6.45) is 0.927. The van der Waals surface area contributed by atoms with E-state index in [4.69, 9.17) is 4.43 Å². The second-order valence-electron chi connectivity index (χ2n) is 4.67. The number of aldehydes is 1. The maximum absolute atomic E-state index is 10.8. The lowest BCUT2D eigenvalue weighted by Crippen LogP contribution is -2.45. The van der Waals surface area contributed by atoms with E-state index in [1.165, 1.54) is 0 Å². The second kappa shape index (κ2) is 3.71. The van der Waals surface area contributed by atoms with Crippen LogP contribution in [0.4, 0.5) is 0 Å².